The van der Waals surface area contributed by atoms with Crippen LogP contribution in [0, 0.1) is 50.3 Å². The molecule has 0 spiro atoms. The molecule has 2 atom stereocenters. The number of amides is 1. The number of nitrogens with zero attached hydrogens (tertiary/aromatic N) is 10. The predicted molar refractivity (Wildman–Crippen MR) is 258 cm³/mol. The number of rotatable bonds is 13. The number of anilines is 2. The van der Waals surface area contributed by atoms with E-state index < -0.39 is 4.92 Å². The van der Waals surface area contributed by atoms with Crippen LogP contribution in [0.3, 0.4) is 0 Å². The van der Waals surface area contributed by atoms with Crippen molar-refractivity contribution < 1.29 is 33.6 Å². The van der Waals surface area contributed by atoms with E-state index in [1.54, 1.807) is 12.0 Å². The highest BCUT2D eigenvalue weighted by Gasteiger charge is 2.32. The van der Waals surface area contributed by atoms with Crippen LogP contribution in [0.5, 0.6) is 11.8 Å². The Kier molecular flexibility index (Phi) is 25.1. The number of aryl methyl sites for hydroxylation is 1. The van der Waals surface area contributed by atoms with Crippen LogP contribution in [0.15, 0.2) is 72.8 Å². The fourth-order valence-corrected chi connectivity index (χ4v) is 7.49. The molecule has 0 radical (unpaired) electrons. The maximum absolute atomic E-state index is 11.6. The number of hydrogen-bond donors (Lipinski definition) is 0. The van der Waals surface area contributed by atoms with E-state index in [0.29, 0.717) is 57.9 Å². The maximum Gasteiger partial charge on any atom is 0.318 e. The molecule has 2 fully saturated rings. The topological polar surface area (TPSA) is 234 Å². The smallest absolute Gasteiger partial charge is 0.318 e. The van der Waals surface area contributed by atoms with Gasteiger partial charge >= 0.3 is 6.01 Å². The Hall–Kier alpha value is -7.22. The number of nitriles is 2. The molecule has 7 rings (SSSR count). The molecule has 19 nitrogen and oxygen atoms in total. The first kappa shape index (κ1) is 55.9. The molecule has 3 aliphatic rings. The Morgan fingerprint density at radius 1 is 0.985 bits per heavy atom. The van der Waals surface area contributed by atoms with Crippen molar-refractivity contribution >= 4 is 40.8 Å². The zero-order chi connectivity index (χ0) is 49.9. The molecule has 3 aromatic carbocycles. The molecule has 4 aromatic rings. The third-order valence-corrected chi connectivity index (χ3v) is 10.7. The number of nitro groups is 2. The lowest BCUT2D eigenvalue weighted by atomic mass is 9.99. The molecule has 67 heavy (non-hydrogen) atoms. The van der Waals surface area contributed by atoms with Gasteiger partial charge in [0.1, 0.15) is 18.2 Å². The molecule has 1 amide bonds. The largest absolute Gasteiger partial charge is 0.462 e. The molecule has 0 N–H and O–H groups in total. The van der Waals surface area contributed by atoms with Crippen LogP contribution in [0.4, 0.5) is 17.2 Å². The molecule has 4 heterocycles. The quantitative estimate of drug-likeness (QED) is 0.0553. The summed E-state index contributed by atoms with van der Waals surface area (Å²) in [5.41, 5.74) is 5.67. The monoisotopic (exact) mass is 924 g/mol. The minimum Gasteiger partial charge on any atom is -0.462 e. The van der Waals surface area contributed by atoms with Crippen LogP contribution < -0.4 is 19.3 Å². The summed E-state index contributed by atoms with van der Waals surface area (Å²) in [6.45, 7) is 22.7. The minimum atomic E-state index is -0.523. The van der Waals surface area contributed by atoms with Crippen molar-refractivity contribution in [2.45, 2.75) is 78.9 Å². The second kappa shape index (κ2) is 30.1. The number of fused-ring (bicyclic) bond motifs is 2. The highest BCUT2D eigenvalue weighted by molar-refractivity contribution is 5.97. The Balaban J connectivity index is 0.000000467. The Morgan fingerprint density at radius 2 is 1.66 bits per heavy atom. The van der Waals surface area contributed by atoms with E-state index >= 15 is 0 Å². The summed E-state index contributed by atoms with van der Waals surface area (Å²) < 4.78 is 15.4. The molecule has 0 aliphatic carbocycles. The number of carbonyl (C=O) groups excluding carboxylic acids is 2. The fourth-order valence-electron chi connectivity index (χ4n) is 7.49. The number of likely N-dealkylation sites (N-methyl/N-ethyl adjacent to an activating group) is 1. The van der Waals surface area contributed by atoms with E-state index in [1.807, 2.05) is 20.8 Å². The number of non-ortho nitro benzene ring substituents is 1. The first-order chi connectivity index (χ1) is 32.3. The zero-order valence-electron chi connectivity index (χ0n) is 39.7. The summed E-state index contributed by atoms with van der Waals surface area (Å²) in [7, 11) is 3.81. The number of piperazine rings is 1. The number of likely N-dealkylation sites (tertiary alicyclic amines) is 1. The second-order valence-electron chi connectivity index (χ2n) is 15.3. The zero-order valence-corrected chi connectivity index (χ0v) is 39.7. The maximum atomic E-state index is 11.6. The lowest BCUT2D eigenvalue weighted by Gasteiger charge is -2.41. The summed E-state index contributed by atoms with van der Waals surface area (Å²) in [4.78, 5) is 58.6. The van der Waals surface area contributed by atoms with E-state index in [1.165, 1.54) is 59.6 Å². The number of methoxy groups -OCH3 is 1. The molecule has 2 saturated heterocycles. The van der Waals surface area contributed by atoms with Crippen LogP contribution in [0.25, 0.3) is 10.8 Å². The van der Waals surface area contributed by atoms with Crippen LogP contribution in [-0.4, -0.2) is 121 Å². The number of benzene rings is 3. The van der Waals surface area contributed by atoms with Gasteiger partial charge in [0.15, 0.2) is 0 Å². The van der Waals surface area contributed by atoms with Crippen LogP contribution >= 0.6 is 0 Å². The molecular weight excluding hydrogens is 861 g/mol. The first-order valence-corrected chi connectivity index (χ1v) is 22.0. The van der Waals surface area contributed by atoms with E-state index in [-0.39, 0.29) is 35.4 Å². The summed E-state index contributed by atoms with van der Waals surface area (Å²) in [5.74, 6) is 1.18. The number of carbonyl (C=O) groups is 2. The Bertz CT molecular complexity index is 2260. The van der Waals surface area contributed by atoms with Gasteiger partial charge in [0.25, 0.3) is 12.2 Å². The van der Waals surface area contributed by atoms with Gasteiger partial charge in [-0.25, -0.2) is 5.26 Å². The molecule has 360 valence electrons. The summed E-state index contributed by atoms with van der Waals surface area (Å²) >= 11 is 0. The van der Waals surface area contributed by atoms with Gasteiger partial charge in [-0.15, -0.1) is 0 Å². The highest BCUT2D eigenvalue weighted by Crippen LogP contribution is 2.36. The van der Waals surface area contributed by atoms with E-state index in [9.17, 15) is 35.1 Å². The standard InChI is InChI=1S/C31H37N7O2.C7H5NO4.C5H10O.C2H5NO2.C2H6.CHN/c1-22-6-3-7-23-8-4-10-28(29(22)23)36-15-12-26-27(19-36)33-31(40-20-25-9-5-14-35(25)2)34-30(26)37-16-17-38(21-39)24(18-37)11-13-32;9-5-12-7-3-1-6(2-4-7)8(10)11;1-5(2)4-6-3;1-2-3(4)5;2*1-2/h3-4,6-8,10,21,24-25H,5,9,11-12,14-20H2,1-2H3;1-5H;1,4H2,2-3H3;2H2,1H3;1-2H3;1H. The van der Waals surface area contributed by atoms with Crippen molar-refractivity contribution in [3.05, 3.63) is 110 Å². The van der Waals surface area contributed by atoms with Gasteiger partial charge in [-0.05, 0) is 75.9 Å². The second-order valence-corrected chi connectivity index (χ2v) is 15.3. The molecule has 19 heteroatoms. The van der Waals surface area contributed by atoms with Crippen molar-refractivity contribution in [2.24, 2.45) is 0 Å². The Morgan fingerprint density at radius 3 is 2.19 bits per heavy atom. The van der Waals surface area contributed by atoms with Gasteiger partial charge in [0.2, 0.25) is 13.0 Å². The Labute approximate surface area is 393 Å². The van der Waals surface area contributed by atoms with Gasteiger partial charge in [-0.1, -0.05) is 56.3 Å². The third kappa shape index (κ3) is 17.3. The SMILES string of the molecule is C#N.C=C(C)COC.CC.CC[N+](=O)[O-].Cc1cccc2cccc(N3CCc4c(nc(OCC5CCCN5C)nc4N4CCN(C=O)C(CC#N)C4)C3)c12.O=COc1ccc([N+](=O)[O-])cc1. The summed E-state index contributed by atoms with van der Waals surface area (Å²) in [6.07, 6.45) is 4.28. The van der Waals surface area contributed by atoms with Gasteiger partial charge < -0.3 is 33.8 Å². The minimum absolute atomic E-state index is 0.0278. The molecule has 1 aromatic heterocycles. The lowest BCUT2D eigenvalue weighted by Crippen LogP contribution is -2.53. The average Bonchev–Trinajstić information content (AvgIpc) is 3.76. The van der Waals surface area contributed by atoms with Crippen molar-refractivity contribution in [1.82, 2.24) is 19.8 Å². The normalized spacial score (nSPS) is 15.8. The number of hydrogen-bond acceptors (Lipinski definition) is 16. The van der Waals surface area contributed by atoms with Gasteiger partial charge in [0, 0.05) is 86.5 Å². The lowest BCUT2D eigenvalue weighted by molar-refractivity contribution is -0.475. The average molecular weight is 925 g/mol. The molecule has 3 aliphatic heterocycles. The summed E-state index contributed by atoms with van der Waals surface area (Å²) in [6, 6.07) is 21.1. The van der Waals surface area contributed by atoms with Crippen molar-refractivity contribution in [2.75, 3.05) is 76.4 Å². The molecular formula is C48H64N10O9. The van der Waals surface area contributed by atoms with Crippen molar-refractivity contribution in [3.63, 3.8) is 0 Å². The van der Waals surface area contributed by atoms with Crippen molar-refractivity contribution in [3.8, 4) is 24.4 Å². The summed E-state index contributed by atoms with van der Waals surface area (Å²) in [5, 5.41) is 37.8. The number of nitro benzene ring substituents is 1. The van der Waals surface area contributed by atoms with Crippen LogP contribution in [0.2, 0.25) is 0 Å². The first-order valence-electron chi connectivity index (χ1n) is 22.0. The van der Waals surface area contributed by atoms with Gasteiger partial charge in [0.05, 0.1) is 42.3 Å². The predicted octanol–water partition coefficient (Wildman–Crippen LogP) is 7.32. The fraction of sp³-hybridized carbons (Fsp3) is 0.458. The van der Waals surface area contributed by atoms with E-state index in [4.69, 9.17) is 24.7 Å². The molecule has 0 saturated carbocycles. The highest BCUT2D eigenvalue weighted by atomic mass is 16.6. The van der Waals surface area contributed by atoms with Crippen molar-refractivity contribution in [1.29, 1.82) is 10.5 Å². The van der Waals surface area contributed by atoms with E-state index in [2.05, 4.69) is 89.0 Å². The van der Waals surface area contributed by atoms with Gasteiger partial charge in [-0.2, -0.15) is 15.2 Å². The van der Waals surface area contributed by atoms with Crippen LogP contribution in [-0.2, 0) is 27.3 Å². The number of aromatic nitrogens is 2. The molecule has 2 unspecified atom stereocenters. The number of ether oxygens (including phenoxy) is 3. The van der Waals surface area contributed by atoms with E-state index in [0.717, 1.165) is 55.0 Å². The third-order valence-electron chi connectivity index (χ3n) is 10.7. The van der Waals surface area contributed by atoms with Crippen LogP contribution in [0.1, 0.15) is 63.8 Å². The molecule has 0 bridgehead atoms. The van der Waals surface area contributed by atoms with Gasteiger partial charge in [-0.3, -0.25) is 29.8 Å².